The van der Waals surface area contributed by atoms with Crippen LogP contribution in [0.25, 0.3) is 0 Å². The van der Waals surface area contributed by atoms with E-state index in [0.29, 0.717) is 12.8 Å². The van der Waals surface area contributed by atoms with E-state index >= 15 is 0 Å². The zero-order valence-electron chi connectivity index (χ0n) is 11.8. The van der Waals surface area contributed by atoms with Crippen LogP contribution in [0.15, 0.2) is 0 Å². The van der Waals surface area contributed by atoms with Crippen LogP contribution in [-0.4, -0.2) is 53.6 Å². The molecule has 1 aliphatic carbocycles. The molecule has 0 aromatic carbocycles. The fraction of sp³-hybridized carbons (Fsp3) is 0.923. The Morgan fingerprint density at radius 2 is 2.16 bits per heavy atom. The van der Waals surface area contributed by atoms with Gasteiger partial charge in [-0.05, 0) is 46.6 Å². The van der Waals surface area contributed by atoms with Crippen LogP contribution in [0.5, 0.6) is 0 Å². The summed E-state index contributed by atoms with van der Waals surface area (Å²) in [6.07, 6.45) is 0.0650. The first-order valence-corrected chi connectivity index (χ1v) is 6.76. The summed E-state index contributed by atoms with van der Waals surface area (Å²) in [7, 11) is 1.64. The van der Waals surface area contributed by atoms with E-state index in [1.54, 1.807) is 11.9 Å². The highest BCUT2D eigenvalue weighted by Gasteiger charge is 2.44. The molecule has 0 spiro atoms. The molecule has 6 heteroatoms. The molecular weight excluding hydrogens is 254 g/mol. The predicted molar refractivity (Wildman–Crippen MR) is 69.5 cm³/mol. The number of aliphatic carboxylic acids is 1. The van der Waals surface area contributed by atoms with Gasteiger partial charge in [-0.15, -0.1) is 0 Å². The number of carboxylic acids is 1. The van der Waals surface area contributed by atoms with Crippen molar-refractivity contribution in [3.8, 4) is 0 Å². The lowest BCUT2D eigenvalue weighted by Gasteiger charge is -2.42. The summed E-state index contributed by atoms with van der Waals surface area (Å²) in [4.78, 5) is 13.2. The molecule has 112 valence electrons. The molecule has 0 aromatic heterocycles. The van der Waals surface area contributed by atoms with Crippen molar-refractivity contribution >= 4 is 5.97 Å². The van der Waals surface area contributed by atoms with Gasteiger partial charge in [0.2, 0.25) is 0 Å². The lowest BCUT2D eigenvalue weighted by molar-refractivity contribution is -0.148. The average molecular weight is 278 g/mol. The van der Waals surface area contributed by atoms with Gasteiger partial charge in [0, 0.05) is 12.1 Å². The summed E-state index contributed by atoms with van der Waals surface area (Å²) in [6, 6.07) is -0.0552. The van der Waals surface area contributed by atoms with Gasteiger partial charge in [0.1, 0.15) is 5.54 Å². The second kappa shape index (κ2) is 6.61. The number of halogens is 2. The molecular formula is C13H24F2N2O2. The highest BCUT2D eigenvalue weighted by atomic mass is 19.3. The molecule has 2 N–H and O–H groups in total. The van der Waals surface area contributed by atoms with Crippen LogP contribution >= 0.6 is 0 Å². The van der Waals surface area contributed by atoms with Gasteiger partial charge in [0.05, 0.1) is 6.54 Å². The van der Waals surface area contributed by atoms with E-state index in [0.717, 1.165) is 12.8 Å². The van der Waals surface area contributed by atoms with E-state index in [4.69, 9.17) is 0 Å². The lowest BCUT2D eigenvalue weighted by Crippen LogP contribution is -2.60. The minimum atomic E-state index is -2.38. The fourth-order valence-corrected chi connectivity index (χ4v) is 2.93. The molecule has 0 radical (unpaired) electrons. The standard InChI is InChI=1S/C13H24F2N2O2/c1-9(2)16-13(12(18)19)6-4-5-10(7-13)17(3)8-11(14)15/h9-11,16H,4-8H2,1-3H3,(H,18,19). The summed E-state index contributed by atoms with van der Waals surface area (Å²) >= 11 is 0. The van der Waals surface area contributed by atoms with Crippen LogP contribution in [0.2, 0.25) is 0 Å². The second-order valence-corrected chi connectivity index (χ2v) is 5.77. The van der Waals surface area contributed by atoms with Crippen molar-refractivity contribution in [1.82, 2.24) is 10.2 Å². The Kier molecular flexibility index (Phi) is 5.67. The quantitative estimate of drug-likeness (QED) is 0.779. The van der Waals surface area contributed by atoms with Gasteiger partial charge in [0.15, 0.2) is 0 Å². The summed E-state index contributed by atoms with van der Waals surface area (Å²) in [5.74, 6) is -0.878. The molecule has 0 aromatic rings. The second-order valence-electron chi connectivity index (χ2n) is 5.77. The highest BCUT2D eigenvalue weighted by molar-refractivity contribution is 5.79. The normalized spacial score (nSPS) is 28.3. The number of nitrogens with zero attached hydrogens (tertiary/aromatic N) is 1. The molecule has 1 aliphatic rings. The van der Waals surface area contributed by atoms with E-state index in [1.165, 1.54) is 0 Å². The third-order valence-corrected chi connectivity index (χ3v) is 3.75. The summed E-state index contributed by atoms with van der Waals surface area (Å²) in [5, 5.41) is 12.6. The van der Waals surface area contributed by atoms with Crippen LogP contribution in [-0.2, 0) is 4.79 Å². The number of carboxylic acid groups (broad SMARTS) is 1. The molecule has 0 aliphatic heterocycles. The molecule has 19 heavy (non-hydrogen) atoms. The van der Waals surface area contributed by atoms with E-state index in [9.17, 15) is 18.7 Å². The smallest absolute Gasteiger partial charge is 0.323 e. The van der Waals surface area contributed by atoms with E-state index in [2.05, 4.69) is 5.32 Å². The number of rotatable bonds is 6. The first-order valence-electron chi connectivity index (χ1n) is 6.76. The van der Waals surface area contributed by atoms with Gasteiger partial charge in [-0.25, -0.2) is 8.78 Å². The third kappa shape index (κ3) is 4.38. The SMILES string of the molecule is CC(C)NC1(C(=O)O)CCCC(N(C)CC(F)F)C1. The molecule has 2 atom stereocenters. The molecule has 4 nitrogen and oxygen atoms in total. The van der Waals surface area contributed by atoms with Crippen molar-refractivity contribution in [1.29, 1.82) is 0 Å². The minimum absolute atomic E-state index is 0.0512. The van der Waals surface area contributed by atoms with Crippen molar-refractivity contribution in [2.24, 2.45) is 0 Å². The van der Waals surface area contributed by atoms with Gasteiger partial charge in [-0.1, -0.05) is 0 Å². The Hall–Kier alpha value is -0.750. The van der Waals surface area contributed by atoms with Gasteiger partial charge >= 0.3 is 5.97 Å². The van der Waals surface area contributed by atoms with Crippen LogP contribution in [0.4, 0.5) is 8.78 Å². The van der Waals surface area contributed by atoms with Gasteiger partial charge in [0.25, 0.3) is 6.43 Å². The van der Waals surface area contributed by atoms with Crippen LogP contribution in [0.1, 0.15) is 39.5 Å². The van der Waals surface area contributed by atoms with E-state index in [1.807, 2.05) is 13.8 Å². The Bertz CT molecular complexity index is 313. The maximum Gasteiger partial charge on any atom is 0.323 e. The predicted octanol–water partition coefficient (Wildman–Crippen LogP) is 1.95. The molecule has 0 amide bonds. The van der Waals surface area contributed by atoms with Crippen LogP contribution in [0.3, 0.4) is 0 Å². The summed E-state index contributed by atoms with van der Waals surface area (Å²) in [6.45, 7) is 3.50. The molecule has 1 saturated carbocycles. The molecule has 0 heterocycles. The largest absolute Gasteiger partial charge is 0.480 e. The number of hydrogen-bond acceptors (Lipinski definition) is 3. The third-order valence-electron chi connectivity index (χ3n) is 3.75. The van der Waals surface area contributed by atoms with Crippen molar-refractivity contribution in [2.45, 2.75) is 63.6 Å². The van der Waals surface area contributed by atoms with E-state index in [-0.39, 0.29) is 18.6 Å². The zero-order chi connectivity index (χ0) is 14.6. The zero-order valence-corrected chi connectivity index (χ0v) is 11.8. The Morgan fingerprint density at radius 1 is 1.53 bits per heavy atom. The topological polar surface area (TPSA) is 52.6 Å². The molecule has 1 rings (SSSR count). The maximum absolute atomic E-state index is 12.4. The number of alkyl halides is 2. The van der Waals surface area contributed by atoms with Gasteiger partial charge in [-0.3, -0.25) is 15.0 Å². The summed E-state index contributed by atoms with van der Waals surface area (Å²) < 4.78 is 24.9. The summed E-state index contributed by atoms with van der Waals surface area (Å²) in [5.41, 5.74) is -0.979. The number of hydrogen-bond donors (Lipinski definition) is 2. The van der Waals surface area contributed by atoms with Gasteiger partial charge < -0.3 is 5.11 Å². The first-order chi connectivity index (χ1) is 8.77. The Morgan fingerprint density at radius 3 is 2.63 bits per heavy atom. The van der Waals surface area contributed by atoms with Gasteiger partial charge in [-0.2, -0.15) is 0 Å². The Labute approximate surface area is 113 Å². The van der Waals surface area contributed by atoms with Crippen molar-refractivity contribution in [2.75, 3.05) is 13.6 Å². The lowest BCUT2D eigenvalue weighted by atomic mass is 9.78. The van der Waals surface area contributed by atoms with Crippen molar-refractivity contribution < 1.29 is 18.7 Å². The molecule has 0 bridgehead atoms. The fourth-order valence-electron chi connectivity index (χ4n) is 2.93. The van der Waals surface area contributed by atoms with Crippen molar-refractivity contribution in [3.63, 3.8) is 0 Å². The molecule has 1 fully saturated rings. The number of nitrogens with one attached hydrogen (secondary N) is 1. The average Bonchev–Trinajstić information content (AvgIpc) is 2.27. The van der Waals surface area contributed by atoms with Crippen LogP contribution < -0.4 is 5.32 Å². The van der Waals surface area contributed by atoms with Crippen molar-refractivity contribution in [3.05, 3.63) is 0 Å². The van der Waals surface area contributed by atoms with Crippen LogP contribution in [0, 0.1) is 0 Å². The molecule has 0 saturated heterocycles. The minimum Gasteiger partial charge on any atom is -0.480 e. The number of carbonyl (C=O) groups is 1. The highest BCUT2D eigenvalue weighted by Crippen LogP contribution is 2.32. The van der Waals surface area contributed by atoms with E-state index < -0.39 is 17.9 Å². The molecule has 2 unspecified atom stereocenters. The Balaban J connectivity index is 2.76. The first kappa shape index (κ1) is 16.3. The monoisotopic (exact) mass is 278 g/mol. The maximum atomic E-state index is 12.4.